The van der Waals surface area contributed by atoms with E-state index in [1.807, 2.05) is 43.3 Å². The molecule has 0 aliphatic carbocycles. The minimum Gasteiger partial charge on any atom is -0.346 e. The van der Waals surface area contributed by atoms with E-state index in [2.05, 4.69) is 15.3 Å². The molecule has 0 fully saturated rings. The van der Waals surface area contributed by atoms with Gasteiger partial charge in [0.05, 0.1) is 6.04 Å². The minimum absolute atomic E-state index is 0.172. The van der Waals surface area contributed by atoms with Crippen LogP contribution >= 0.6 is 0 Å². The zero-order valence-electron chi connectivity index (χ0n) is 14.3. The van der Waals surface area contributed by atoms with Gasteiger partial charge < -0.3 is 5.32 Å². The van der Waals surface area contributed by atoms with Crippen LogP contribution in [0.4, 0.5) is 4.39 Å². The molecule has 0 aliphatic heterocycles. The fraction of sp³-hybridized carbons (Fsp3) is 0.0952. The highest BCUT2D eigenvalue weighted by molar-refractivity contribution is 5.91. The number of nitrogens with zero attached hydrogens (tertiary/aromatic N) is 2. The smallest absolute Gasteiger partial charge is 0.244 e. The summed E-state index contributed by atoms with van der Waals surface area (Å²) >= 11 is 0. The fourth-order valence-corrected chi connectivity index (χ4v) is 2.53. The average molecular weight is 347 g/mol. The maximum Gasteiger partial charge on any atom is 0.244 e. The number of nitrogens with one attached hydrogen (secondary N) is 1. The molecule has 1 aromatic carbocycles. The molecule has 0 spiro atoms. The molecule has 0 bridgehead atoms. The molecular formula is C21H18FN3O. The summed E-state index contributed by atoms with van der Waals surface area (Å²) in [4.78, 5) is 19.8. The first-order valence-corrected chi connectivity index (χ1v) is 8.22. The Morgan fingerprint density at radius 3 is 2.73 bits per heavy atom. The number of rotatable bonds is 5. The van der Waals surface area contributed by atoms with Crippen LogP contribution in [0, 0.1) is 5.95 Å². The number of benzene rings is 1. The topological polar surface area (TPSA) is 54.9 Å². The van der Waals surface area contributed by atoms with Crippen LogP contribution in [0.5, 0.6) is 0 Å². The van der Waals surface area contributed by atoms with Gasteiger partial charge in [0.25, 0.3) is 0 Å². The molecule has 2 aromatic heterocycles. The summed E-state index contributed by atoms with van der Waals surface area (Å²) in [6.07, 6.45) is 8.07. The van der Waals surface area contributed by atoms with E-state index in [9.17, 15) is 9.18 Å². The molecule has 2 heterocycles. The number of carbonyl (C=O) groups is 1. The van der Waals surface area contributed by atoms with Crippen LogP contribution < -0.4 is 5.32 Å². The summed E-state index contributed by atoms with van der Waals surface area (Å²) in [5.74, 6) is -0.693. The Bertz CT molecular complexity index is 908. The predicted molar refractivity (Wildman–Crippen MR) is 99.5 cm³/mol. The van der Waals surface area contributed by atoms with Gasteiger partial charge in [-0.15, -0.1) is 0 Å². The van der Waals surface area contributed by atoms with Gasteiger partial charge in [0.15, 0.2) is 0 Å². The Balaban J connectivity index is 1.69. The lowest BCUT2D eigenvalue weighted by Crippen LogP contribution is -2.24. The summed E-state index contributed by atoms with van der Waals surface area (Å²) in [7, 11) is 0. The van der Waals surface area contributed by atoms with Crippen LogP contribution in [-0.4, -0.2) is 15.9 Å². The SMILES string of the molecule is C[C@H](NC(=O)/C=C/c1cccnc1)c1cccc(-c2ccc(F)nc2)c1. The third kappa shape index (κ3) is 4.60. The standard InChI is InChI=1S/C21H18FN3O/c1-15(25-21(26)10-7-16-4-3-11-23-13-16)17-5-2-6-18(12-17)19-8-9-20(22)24-14-19/h2-15H,1H3,(H,25,26)/b10-7+/t15-/m0/s1. The van der Waals surface area contributed by atoms with Gasteiger partial charge in [0.2, 0.25) is 11.9 Å². The van der Waals surface area contributed by atoms with Crippen molar-refractivity contribution in [2.24, 2.45) is 0 Å². The maximum absolute atomic E-state index is 13.0. The first kappa shape index (κ1) is 17.5. The van der Waals surface area contributed by atoms with Crippen molar-refractivity contribution in [2.75, 3.05) is 0 Å². The lowest BCUT2D eigenvalue weighted by atomic mass is 10.0. The number of hydrogen-bond acceptors (Lipinski definition) is 3. The van der Waals surface area contributed by atoms with Crippen LogP contribution in [0.2, 0.25) is 0 Å². The summed E-state index contributed by atoms with van der Waals surface area (Å²) < 4.78 is 13.0. The second-order valence-corrected chi connectivity index (χ2v) is 5.85. The normalized spacial score (nSPS) is 12.1. The van der Waals surface area contributed by atoms with Gasteiger partial charge in [-0.1, -0.05) is 24.3 Å². The Morgan fingerprint density at radius 2 is 2.00 bits per heavy atom. The molecule has 0 unspecified atom stereocenters. The third-order valence-corrected chi connectivity index (χ3v) is 3.92. The van der Waals surface area contributed by atoms with Gasteiger partial charge in [-0.2, -0.15) is 4.39 Å². The van der Waals surface area contributed by atoms with E-state index < -0.39 is 5.95 Å². The van der Waals surface area contributed by atoms with E-state index >= 15 is 0 Å². The Hall–Kier alpha value is -3.34. The predicted octanol–water partition coefficient (Wildman–Crippen LogP) is 4.17. The summed E-state index contributed by atoms with van der Waals surface area (Å²) in [5, 5.41) is 2.93. The minimum atomic E-state index is -0.508. The zero-order chi connectivity index (χ0) is 18.4. The first-order valence-electron chi connectivity index (χ1n) is 8.22. The monoisotopic (exact) mass is 347 g/mol. The molecule has 0 saturated heterocycles. The Morgan fingerprint density at radius 1 is 1.12 bits per heavy atom. The number of hydrogen-bond donors (Lipinski definition) is 1. The summed E-state index contributed by atoms with van der Waals surface area (Å²) in [6.45, 7) is 1.91. The van der Waals surface area contributed by atoms with E-state index in [0.717, 1.165) is 22.3 Å². The van der Waals surface area contributed by atoms with Crippen LogP contribution in [0.15, 0.2) is 73.2 Å². The van der Waals surface area contributed by atoms with E-state index in [1.165, 1.54) is 18.3 Å². The molecule has 0 radical (unpaired) electrons. The van der Waals surface area contributed by atoms with E-state index in [-0.39, 0.29) is 11.9 Å². The van der Waals surface area contributed by atoms with Crippen LogP contribution in [0.3, 0.4) is 0 Å². The number of aromatic nitrogens is 2. The molecule has 4 nitrogen and oxygen atoms in total. The number of amides is 1. The van der Waals surface area contributed by atoms with Gasteiger partial charge in [-0.3, -0.25) is 9.78 Å². The second-order valence-electron chi connectivity index (χ2n) is 5.85. The molecule has 3 rings (SSSR count). The second kappa shape index (κ2) is 8.16. The van der Waals surface area contributed by atoms with Crippen molar-refractivity contribution in [1.29, 1.82) is 0 Å². The first-order chi connectivity index (χ1) is 12.6. The molecule has 1 N–H and O–H groups in total. The van der Waals surface area contributed by atoms with Crippen molar-refractivity contribution in [1.82, 2.24) is 15.3 Å². The van der Waals surface area contributed by atoms with Crippen molar-refractivity contribution in [3.8, 4) is 11.1 Å². The molecule has 0 saturated carbocycles. The van der Waals surface area contributed by atoms with E-state index in [4.69, 9.17) is 0 Å². The highest BCUT2D eigenvalue weighted by Gasteiger charge is 2.09. The molecule has 26 heavy (non-hydrogen) atoms. The fourth-order valence-electron chi connectivity index (χ4n) is 2.53. The van der Waals surface area contributed by atoms with Crippen molar-refractivity contribution in [3.63, 3.8) is 0 Å². The molecule has 1 amide bonds. The Kier molecular flexibility index (Phi) is 5.49. The lowest BCUT2D eigenvalue weighted by molar-refractivity contribution is -0.117. The number of halogens is 1. The van der Waals surface area contributed by atoms with Gasteiger partial charge in [0, 0.05) is 30.2 Å². The van der Waals surface area contributed by atoms with Crippen LogP contribution in [0.1, 0.15) is 24.1 Å². The van der Waals surface area contributed by atoms with Crippen LogP contribution in [-0.2, 0) is 4.79 Å². The van der Waals surface area contributed by atoms with Crippen molar-refractivity contribution in [3.05, 3.63) is 90.3 Å². The van der Waals surface area contributed by atoms with Gasteiger partial charge in [-0.05, 0) is 54.0 Å². The van der Waals surface area contributed by atoms with Gasteiger partial charge in [0.1, 0.15) is 0 Å². The highest BCUT2D eigenvalue weighted by atomic mass is 19.1. The van der Waals surface area contributed by atoms with E-state index in [0.29, 0.717) is 0 Å². The van der Waals surface area contributed by atoms with Crippen molar-refractivity contribution in [2.45, 2.75) is 13.0 Å². The third-order valence-electron chi connectivity index (χ3n) is 3.92. The summed E-state index contributed by atoms with van der Waals surface area (Å²) in [5.41, 5.74) is 3.56. The van der Waals surface area contributed by atoms with Crippen molar-refractivity contribution >= 4 is 12.0 Å². The molecule has 3 aromatic rings. The zero-order valence-corrected chi connectivity index (χ0v) is 14.3. The Labute approximate surface area is 151 Å². The van der Waals surface area contributed by atoms with Gasteiger partial charge in [-0.25, -0.2) is 4.98 Å². The van der Waals surface area contributed by atoms with E-state index in [1.54, 1.807) is 24.5 Å². The van der Waals surface area contributed by atoms with Gasteiger partial charge >= 0.3 is 0 Å². The maximum atomic E-state index is 13.0. The lowest BCUT2D eigenvalue weighted by Gasteiger charge is -2.14. The quantitative estimate of drug-likeness (QED) is 0.557. The van der Waals surface area contributed by atoms with Crippen molar-refractivity contribution < 1.29 is 9.18 Å². The summed E-state index contributed by atoms with van der Waals surface area (Å²) in [6, 6.07) is 14.3. The molecular weight excluding hydrogens is 329 g/mol. The molecule has 5 heteroatoms. The van der Waals surface area contributed by atoms with Crippen LogP contribution in [0.25, 0.3) is 17.2 Å². The highest BCUT2D eigenvalue weighted by Crippen LogP contribution is 2.22. The number of carbonyl (C=O) groups excluding carboxylic acids is 1. The number of pyridine rings is 2. The molecule has 130 valence electrons. The average Bonchev–Trinajstić information content (AvgIpc) is 2.68. The molecule has 0 aliphatic rings. The molecule has 1 atom stereocenters. The largest absolute Gasteiger partial charge is 0.346 e.